The third-order valence-corrected chi connectivity index (χ3v) is 4.73. The summed E-state index contributed by atoms with van der Waals surface area (Å²) >= 11 is 0. The molecule has 1 aliphatic rings. The number of rotatable bonds is 3. The molecule has 0 spiro atoms. The number of aryl methyl sites for hydroxylation is 1. The van der Waals surface area contributed by atoms with Crippen LogP contribution >= 0.6 is 0 Å². The fraction of sp³-hybridized carbons (Fsp3) is 0.316. The largest absolute Gasteiger partial charge is 0.355 e. The molecule has 1 fully saturated rings. The predicted molar refractivity (Wildman–Crippen MR) is 95.0 cm³/mol. The van der Waals surface area contributed by atoms with E-state index in [2.05, 4.69) is 56.3 Å². The number of aromatic nitrogens is 4. The Bertz CT molecular complexity index is 794. The predicted octanol–water partition coefficient (Wildman–Crippen LogP) is 3.56. The molecular weight excluding hydrogens is 298 g/mol. The first-order valence-electron chi connectivity index (χ1n) is 8.42. The number of nitrogens with one attached hydrogen (secondary N) is 1. The molecule has 5 heteroatoms. The lowest BCUT2D eigenvalue weighted by atomic mass is 9.90. The minimum atomic E-state index is 0.430. The molecule has 3 aromatic rings. The molecule has 1 unspecified atom stereocenters. The molecule has 1 atom stereocenters. The summed E-state index contributed by atoms with van der Waals surface area (Å²) in [6.07, 6.45) is 9.57. The summed E-state index contributed by atoms with van der Waals surface area (Å²) in [6, 6.07) is 8.65. The second-order valence-corrected chi connectivity index (χ2v) is 6.41. The van der Waals surface area contributed by atoms with Crippen molar-refractivity contribution in [1.29, 1.82) is 0 Å². The second-order valence-electron chi connectivity index (χ2n) is 6.41. The van der Waals surface area contributed by atoms with Gasteiger partial charge in [-0.25, -0.2) is 4.98 Å². The van der Waals surface area contributed by atoms with Gasteiger partial charge in [-0.2, -0.15) is 5.10 Å². The second kappa shape index (κ2) is 6.43. The highest BCUT2D eigenvalue weighted by molar-refractivity contribution is 5.66. The van der Waals surface area contributed by atoms with Gasteiger partial charge in [0.25, 0.3) is 0 Å². The van der Waals surface area contributed by atoms with E-state index in [1.54, 1.807) is 12.4 Å². The molecule has 1 aliphatic heterocycles. The molecule has 0 bridgehead atoms. The zero-order chi connectivity index (χ0) is 16.4. The molecule has 2 aromatic heterocycles. The third kappa shape index (κ3) is 2.89. The van der Waals surface area contributed by atoms with Gasteiger partial charge in [0, 0.05) is 42.7 Å². The number of anilines is 1. The van der Waals surface area contributed by atoms with Gasteiger partial charge in [-0.05, 0) is 25.3 Å². The van der Waals surface area contributed by atoms with Crippen LogP contribution in [0.3, 0.4) is 0 Å². The maximum atomic E-state index is 4.45. The van der Waals surface area contributed by atoms with Gasteiger partial charge < -0.3 is 4.90 Å². The highest BCUT2D eigenvalue weighted by Gasteiger charge is 2.25. The monoisotopic (exact) mass is 319 g/mol. The zero-order valence-corrected chi connectivity index (χ0v) is 13.8. The van der Waals surface area contributed by atoms with Crippen molar-refractivity contribution in [2.45, 2.75) is 25.7 Å². The Labute approximate surface area is 141 Å². The molecule has 24 heavy (non-hydrogen) atoms. The maximum Gasteiger partial charge on any atom is 0.147 e. The number of piperidine rings is 1. The average molecular weight is 319 g/mol. The van der Waals surface area contributed by atoms with Crippen LogP contribution in [0.1, 0.15) is 30.0 Å². The van der Waals surface area contributed by atoms with Crippen molar-refractivity contribution in [3.05, 3.63) is 60.3 Å². The Morgan fingerprint density at radius 2 is 2.00 bits per heavy atom. The molecule has 0 aliphatic carbocycles. The number of nitrogens with zero attached hydrogens (tertiary/aromatic N) is 4. The van der Waals surface area contributed by atoms with Crippen LogP contribution in [0, 0.1) is 6.92 Å². The number of H-pyrrole nitrogens is 1. The summed E-state index contributed by atoms with van der Waals surface area (Å²) in [5.41, 5.74) is 4.93. The molecule has 4 rings (SSSR count). The molecular formula is C19H21N5. The van der Waals surface area contributed by atoms with Gasteiger partial charge in [0.05, 0.1) is 12.4 Å². The minimum Gasteiger partial charge on any atom is -0.355 e. The van der Waals surface area contributed by atoms with E-state index in [1.165, 1.54) is 22.4 Å². The van der Waals surface area contributed by atoms with Crippen molar-refractivity contribution >= 4 is 5.82 Å². The van der Waals surface area contributed by atoms with Gasteiger partial charge in [0.1, 0.15) is 5.82 Å². The van der Waals surface area contributed by atoms with Crippen LogP contribution in [-0.4, -0.2) is 33.3 Å². The maximum absolute atomic E-state index is 4.45. The van der Waals surface area contributed by atoms with Crippen LogP contribution in [-0.2, 0) is 0 Å². The number of hydrogen-bond donors (Lipinski definition) is 1. The Hall–Kier alpha value is -2.69. The summed E-state index contributed by atoms with van der Waals surface area (Å²) in [5, 5.41) is 7.57. The van der Waals surface area contributed by atoms with E-state index in [9.17, 15) is 0 Å². The van der Waals surface area contributed by atoms with E-state index >= 15 is 0 Å². The van der Waals surface area contributed by atoms with E-state index in [-0.39, 0.29) is 0 Å². The Morgan fingerprint density at radius 3 is 2.79 bits per heavy atom. The number of hydrogen-bond acceptors (Lipinski definition) is 4. The summed E-state index contributed by atoms with van der Waals surface area (Å²) in [5.74, 6) is 1.39. The summed E-state index contributed by atoms with van der Waals surface area (Å²) < 4.78 is 0. The molecule has 1 aromatic carbocycles. The Morgan fingerprint density at radius 1 is 1.12 bits per heavy atom. The van der Waals surface area contributed by atoms with E-state index in [0.29, 0.717) is 5.92 Å². The zero-order valence-electron chi connectivity index (χ0n) is 13.8. The minimum absolute atomic E-state index is 0.430. The van der Waals surface area contributed by atoms with Gasteiger partial charge in [-0.15, -0.1) is 0 Å². The number of aromatic amines is 1. The van der Waals surface area contributed by atoms with Crippen molar-refractivity contribution in [3.8, 4) is 11.1 Å². The van der Waals surface area contributed by atoms with Crippen LogP contribution < -0.4 is 4.90 Å². The van der Waals surface area contributed by atoms with E-state index in [1.807, 2.05) is 12.4 Å². The molecule has 0 radical (unpaired) electrons. The van der Waals surface area contributed by atoms with Crippen LogP contribution in [0.25, 0.3) is 11.1 Å². The van der Waals surface area contributed by atoms with Crippen LogP contribution in [0.2, 0.25) is 0 Å². The third-order valence-electron chi connectivity index (χ3n) is 4.73. The van der Waals surface area contributed by atoms with Crippen molar-refractivity contribution in [3.63, 3.8) is 0 Å². The average Bonchev–Trinajstić information content (AvgIpc) is 3.13. The standard InChI is InChI=1S/C19H21N5/c1-14-4-6-15(7-5-14)17-11-22-23-19(17)16-3-2-10-24(13-16)18-12-20-8-9-21-18/h4-9,11-12,16H,2-3,10,13H2,1H3,(H,22,23). The summed E-state index contributed by atoms with van der Waals surface area (Å²) in [6.45, 7) is 4.09. The highest BCUT2D eigenvalue weighted by atomic mass is 15.2. The van der Waals surface area contributed by atoms with Crippen molar-refractivity contribution in [1.82, 2.24) is 20.2 Å². The van der Waals surface area contributed by atoms with Crippen molar-refractivity contribution in [2.24, 2.45) is 0 Å². The summed E-state index contributed by atoms with van der Waals surface area (Å²) in [7, 11) is 0. The molecule has 1 N–H and O–H groups in total. The van der Waals surface area contributed by atoms with Crippen LogP contribution in [0.5, 0.6) is 0 Å². The van der Waals surface area contributed by atoms with Crippen molar-refractivity contribution < 1.29 is 0 Å². The van der Waals surface area contributed by atoms with Gasteiger partial charge in [-0.3, -0.25) is 10.1 Å². The van der Waals surface area contributed by atoms with Gasteiger partial charge in [-0.1, -0.05) is 29.8 Å². The first-order chi connectivity index (χ1) is 11.8. The van der Waals surface area contributed by atoms with Gasteiger partial charge >= 0.3 is 0 Å². The van der Waals surface area contributed by atoms with E-state index in [4.69, 9.17) is 0 Å². The first-order valence-corrected chi connectivity index (χ1v) is 8.42. The lowest BCUT2D eigenvalue weighted by molar-refractivity contribution is 0.498. The molecule has 1 saturated heterocycles. The lowest BCUT2D eigenvalue weighted by Crippen LogP contribution is -2.35. The normalized spacial score (nSPS) is 17.9. The Balaban J connectivity index is 1.60. The highest BCUT2D eigenvalue weighted by Crippen LogP contribution is 2.34. The van der Waals surface area contributed by atoms with E-state index in [0.717, 1.165) is 31.7 Å². The van der Waals surface area contributed by atoms with Gasteiger partial charge in [0.2, 0.25) is 0 Å². The van der Waals surface area contributed by atoms with Gasteiger partial charge in [0.15, 0.2) is 0 Å². The van der Waals surface area contributed by atoms with Crippen molar-refractivity contribution in [2.75, 3.05) is 18.0 Å². The number of benzene rings is 1. The fourth-order valence-corrected chi connectivity index (χ4v) is 3.45. The molecule has 5 nitrogen and oxygen atoms in total. The summed E-state index contributed by atoms with van der Waals surface area (Å²) in [4.78, 5) is 11.0. The lowest BCUT2D eigenvalue weighted by Gasteiger charge is -2.33. The van der Waals surface area contributed by atoms with E-state index < -0.39 is 0 Å². The fourth-order valence-electron chi connectivity index (χ4n) is 3.45. The quantitative estimate of drug-likeness (QED) is 0.802. The Kier molecular flexibility index (Phi) is 3.99. The topological polar surface area (TPSA) is 57.7 Å². The molecule has 3 heterocycles. The SMILES string of the molecule is Cc1ccc(-c2cn[nH]c2C2CCCN(c3cnccn3)C2)cc1. The molecule has 0 saturated carbocycles. The molecule has 122 valence electrons. The molecule has 0 amide bonds. The smallest absolute Gasteiger partial charge is 0.147 e. The first kappa shape index (κ1) is 14.9. The van der Waals surface area contributed by atoms with Crippen LogP contribution in [0.4, 0.5) is 5.82 Å². The van der Waals surface area contributed by atoms with Crippen LogP contribution in [0.15, 0.2) is 49.1 Å².